The molecule has 158 valence electrons. The second kappa shape index (κ2) is 10.1. The van der Waals surface area contributed by atoms with E-state index >= 15 is 0 Å². The maximum atomic E-state index is 4.76. The fourth-order valence-corrected chi connectivity index (χ4v) is 3.51. The Morgan fingerprint density at radius 2 is 1.93 bits per heavy atom. The van der Waals surface area contributed by atoms with Crippen molar-refractivity contribution in [3.05, 3.63) is 47.0 Å². The van der Waals surface area contributed by atoms with Crippen LogP contribution in [0.4, 0.5) is 0 Å². The maximum absolute atomic E-state index is 4.76. The molecule has 2 N–H and O–H groups in total. The summed E-state index contributed by atoms with van der Waals surface area (Å²) in [6.45, 7) is 9.78. The van der Waals surface area contributed by atoms with Crippen molar-refractivity contribution in [2.45, 2.75) is 46.7 Å². The molecule has 0 fully saturated rings. The standard InChI is InChI=1S/C21H31N7.HI/c1-7-22-21(24-14(2)12-17-15(3)26-28(6)16(17)4)23-13-20-25-18-10-8-9-11-19(18)27(20)5;/h8-11,14H,7,12-13H2,1-6H3,(H2,22,23,24);1H. The molecule has 1 aromatic carbocycles. The number of para-hydroxylation sites is 2. The first-order valence-electron chi connectivity index (χ1n) is 9.85. The van der Waals surface area contributed by atoms with Crippen LogP contribution < -0.4 is 10.6 Å². The van der Waals surface area contributed by atoms with Crippen LogP contribution in [-0.2, 0) is 27.1 Å². The van der Waals surface area contributed by atoms with Crippen LogP contribution in [0.3, 0.4) is 0 Å². The topological polar surface area (TPSA) is 72.1 Å². The van der Waals surface area contributed by atoms with E-state index in [9.17, 15) is 0 Å². The van der Waals surface area contributed by atoms with Gasteiger partial charge in [0.05, 0.1) is 16.7 Å². The predicted octanol–water partition coefficient (Wildman–Crippen LogP) is 3.23. The Kier molecular flexibility index (Phi) is 8.06. The molecule has 0 radical (unpaired) electrons. The summed E-state index contributed by atoms with van der Waals surface area (Å²) >= 11 is 0. The second-order valence-corrected chi connectivity index (χ2v) is 7.29. The van der Waals surface area contributed by atoms with Crippen molar-refractivity contribution in [2.24, 2.45) is 19.1 Å². The van der Waals surface area contributed by atoms with Gasteiger partial charge in [-0.25, -0.2) is 9.98 Å². The van der Waals surface area contributed by atoms with Crippen molar-refractivity contribution in [3.8, 4) is 0 Å². The lowest BCUT2D eigenvalue weighted by molar-refractivity contribution is 0.634. The number of fused-ring (bicyclic) bond motifs is 1. The summed E-state index contributed by atoms with van der Waals surface area (Å²) < 4.78 is 4.05. The van der Waals surface area contributed by atoms with E-state index in [2.05, 4.69) is 54.1 Å². The normalized spacial score (nSPS) is 12.7. The van der Waals surface area contributed by atoms with Crippen LogP contribution in [0, 0.1) is 13.8 Å². The van der Waals surface area contributed by atoms with E-state index in [0.29, 0.717) is 6.54 Å². The highest BCUT2D eigenvalue weighted by Crippen LogP contribution is 2.15. The molecule has 0 saturated carbocycles. The second-order valence-electron chi connectivity index (χ2n) is 7.29. The van der Waals surface area contributed by atoms with Crippen molar-refractivity contribution < 1.29 is 0 Å². The average Bonchev–Trinajstić information content (AvgIpc) is 3.11. The van der Waals surface area contributed by atoms with Crippen LogP contribution in [0.2, 0.25) is 0 Å². The minimum Gasteiger partial charge on any atom is -0.357 e. The molecule has 0 saturated heterocycles. The fraction of sp³-hybridized carbons (Fsp3) is 0.476. The number of nitrogens with one attached hydrogen (secondary N) is 2. The molecule has 3 rings (SSSR count). The van der Waals surface area contributed by atoms with Crippen LogP contribution in [-0.4, -0.2) is 37.9 Å². The summed E-state index contributed by atoms with van der Waals surface area (Å²) in [6.07, 6.45) is 0.905. The Labute approximate surface area is 190 Å². The molecule has 29 heavy (non-hydrogen) atoms. The molecule has 3 aromatic rings. The van der Waals surface area contributed by atoms with Gasteiger partial charge in [0, 0.05) is 32.4 Å². The smallest absolute Gasteiger partial charge is 0.191 e. The van der Waals surface area contributed by atoms with E-state index in [1.54, 1.807) is 0 Å². The van der Waals surface area contributed by atoms with E-state index in [1.165, 1.54) is 11.3 Å². The third-order valence-electron chi connectivity index (χ3n) is 5.15. The number of hydrogen-bond donors (Lipinski definition) is 2. The molecule has 0 amide bonds. The summed E-state index contributed by atoms with van der Waals surface area (Å²) in [4.78, 5) is 9.47. The number of nitrogens with zero attached hydrogens (tertiary/aromatic N) is 5. The Morgan fingerprint density at radius 1 is 1.21 bits per heavy atom. The summed E-state index contributed by atoms with van der Waals surface area (Å²) in [7, 11) is 4.03. The third-order valence-corrected chi connectivity index (χ3v) is 5.15. The summed E-state index contributed by atoms with van der Waals surface area (Å²) in [5.41, 5.74) is 5.74. The molecular formula is C21H32IN7. The highest BCUT2D eigenvalue weighted by atomic mass is 127. The number of imidazole rings is 1. The van der Waals surface area contributed by atoms with Gasteiger partial charge in [0.15, 0.2) is 5.96 Å². The highest BCUT2D eigenvalue weighted by Gasteiger charge is 2.14. The maximum Gasteiger partial charge on any atom is 0.191 e. The molecule has 0 aliphatic carbocycles. The third kappa shape index (κ3) is 5.29. The van der Waals surface area contributed by atoms with Crippen molar-refractivity contribution in [2.75, 3.05) is 6.54 Å². The SMILES string of the molecule is CCNC(=NCc1nc2ccccc2n1C)NC(C)Cc1c(C)nn(C)c1C.I. The van der Waals surface area contributed by atoms with Gasteiger partial charge >= 0.3 is 0 Å². The molecule has 1 unspecified atom stereocenters. The van der Waals surface area contributed by atoms with Crippen molar-refractivity contribution >= 4 is 41.0 Å². The first-order valence-corrected chi connectivity index (χ1v) is 9.85. The molecule has 0 bridgehead atoms. The summed E-state index contributed by atoms with van der Waals surface area (Å²) in [5, 5.41) is 11.4. The molecule has 0 spiro atoms. The van der Waals surface area contributed by atoms with E-state index in [0.717, 1.165) is 41.5 Å². The zero-order valence-electron chi connectivity index (χ0n) is 18.2. The molecule has 0 aliphatic heterocycles. The number of aliphatic imine (C=N–C) groups is 1. The van der Waals surface area contributed by atoms with Gasteiger partial charge in [-0.1, -0.05) is 12.1 Å². The predicted molar refractivity (Wildman–Crippen MR) is 130 cm³/mol. The van der Waals surface area contributed by atoms with Gasteiger partial charge < -0.3 is 15.2 Å². The van der Waals surface area contributed by atoms with E-state index in [-0.39, 0.29) is 30.0 Å². The van der Waals surface area contributed by atoms with Crippen LogP contribution in [0.15, 0.2) is 29.3 Å². The molecule has 8 heteroatoms. The quantitative estimate of drug-likeness (QED) is 0.304. The Morgan fingerprint density at radius 3 is 2.55 bits per heavy atom. The lowest BCUT2D eigenvalue weighted by Crippen LogP contribution is -2.43. The number of hydrogen-bond acceptors (Lipinski definition) is 3. The number of rotatable bonds is 6. The van der Waals surface area contributed by atoms with Crippen molar-refractivity contribution in [1.29, 1.82) is 0 Å². The van der Waals surface area contributed by atoms with Crippen LogP contribution in [0.1, 0.15) is 36.6 Å². The number of guanidine groups is 1. The lowest BCUT2D eigenvalue weighted by atomic mass is 10.1. The van der Waals surface area contributed by atoms with Gasteiger partial charge in [-0.05, 0) is 51.8 Å². The molecule has 1 atom stereocenters. The molecule has 2 aromatic heterocycles. The number of aryl methyl sites for hydroxylation is 3. The zero-order valence-corrected chi connectivity index (χ0v) is 20.5. The van der Waals surface area contributed by atoms with Crippen LogP contribution in [0.5, 0.6) is 0 Å². The molecule has 7 nitrogen and oxygen atoms in total. The number of halogens is 1. The molecular weight excluding hydrogens is 477 g/mol. The average molecular weight is 509 g/mol. The van der Waals surface area contributed by atoms with Crippen molar-refractivity contribution in [3.63, 3.8) is 0 Å². The number of benzene rings is 1. The van der Waals surface area contributed by atoms with Gasteiger partial charge in [0.2, 0.25) is 0 Å². The largest absolute Gasteiger partial charge is 0.357 e. The van der Waals surface area contributed by atoms with E-state index < -0.39 is 0 Å². The summed E-state index contributed by atoms with van der Waals surface area (Å²) in [6, 6.07) is 8.40. The lowest BCUT2D eigenvalue weighted by Gasteiger charge is -2.18. The summed E-state index contributed by atoms with van der Waals surface area (Å²) in [5.74, 6) is 1.76. The zero-order chi connectivity index (χ0) is 20.3. The Bertz CT molecular complexity index is 986. The van der Waals surface area contributed by atoms with Crippen molar-refractivity contribution in [1.82, 2.24) is 30.0 Å². The fourth-order valence-electron chi connectivity index (χ4n) is 3.51. The highest BCUT2D eigenvalue weighted by molar-refractivity contribution is 14.0. The molecule has 0 aliphatic rings. The number of aromatic nitrogens is 4. The van der Waals surface area contributed by atoms with Crippen LogP contribution >= 0.6 is 24.0 Å². The van der Waals surface area contributed by atoms with Gasteiger partial charge in [0.25, 0.3) is 0 Å². The van der Waals surface area contributed by atoms with Gasteiger partial charge in [-0.2, -0.15) is 5.10 Å². The first-order chi connectivity index (χ1) is 13.4. The minimum atomic E-state index is 0. The monoisotopic (exact) mass is 509 g/mol. The van der Waals surface area contributed by atoms with Crippen LogP contribution in [0.25, 0.3) is 11.0 Å². The minimum absolute atomic E-state index is 0. The first kappa shape index (κ1) is 23.2. The van der Waals surface area contributed by atoms with E-state index in [1.807, 2.05) is 37.0 Å². The molecule has 2 heterocycles. The van der Waals surface area contributed by atoms with E-state index in [4.69, 9.17) is 9.98 Å². The van der Waals surface area contributed by atoms with Gasteiger partial charge in [-0.15, -0.1) is 24.0 Å². The Hall–Kier alpha value is -2.10. The van der Waals surface area contributed by atoms with Gasteiger partial charge in [0.1, 0.15) is 12.4 Å². The van der Waals surface area contributed by atoms with Gasteiger partial charge in [-0.3, -0.25) is 4.68 Å². The Balaban J connectivity index is 0.00000300.